The van der Waals surface area contributed by atoms with E-state index >= 15 is 0 Å². The van der Waals surface area contributed by atoms with Gasteiger partial charge >= 0.3 is 0 Å². The Bertz CT molecular complexity index is 824. The summed E-state index contributed by atoms with van der Waals surface area (Å²) in [5.41, 5.74) is 1.83. The van der Waals surface area contributed by atoms with Crippen molar-refractivity contribution in [3.8, 4) is 5.75 Å². The van der Waals surface area contributed by atoms with Gasteiger partial charge in [-0.1, -0.05) is 31.0 Å². The van der Waals surface area contributed by atoms with Crippen molar-refractivity contribution in [2.24, 2.45) is 0 Å². The SMILES string of the molecule is COc1ccccc1C1(CNC(=O)c2cccnc2N2CCCC2)CCCC1. The largest absolute Gasteiger partial charge is 0.496 e. The highest BCUT2D eigenvalue weighted by Crippen LogP contribution is 2.44. The van der Waals surface area contributed by atoms with Crippen molar-refractivity contribution in [2.75, 3.05) is 31.6 Å². The molecule has 1 aliphatic carbocycles. The number of para-hydroxylation sites is 1. The van der Waals surface area contributed by atoms with Gasteiger partial charge in [0.25, 0.3) is 5.91 Å². The number of anilines is 1. The summed E-state index contributed by atoms with van der Waals surface area (Å²) < 4.78 is 5.63. The van der Waals surface area contributed by atoms with Crippen LogP contribution in [-0.2, 0) is 5.41 Å². The number of ether oxygens (including phenoxy) is 1. The van der Waals surface area contributed by atoms with Crippen LogP contribution in [0.2, 0.25) is 0 Å². The van der Waals surface area contributed by atoms with Crippen LogP contribution in [0, 0.1) is 0 Å². The van der Waals surface area contributed by atoms with Crippen molar-refractivity contribution in [2.45, 2.75) is 43.9 Å². The van der Waals surface area contributed by atoms with E-state index in [1.807, 2.05) is 24.3 Å². The maximum Gasteiger partial charge on any atom is 0.255 e. The Kier molecular flexibility index (Phi) is 5.51. The molecule has 1 N–H and O–H groups in total. The predicted octanol–water partition coefficient (Wildman–Crippen LogP) is 3.93. The first-order valence-corrected chi connectivity index (χ1v) is 10.4. The zero-order chi connectivity index (χ0) is 19.4. The van der Waals surface area contributed by atoms with Crippen molar-refractivity contribution in [3.63, 3.8) is 0 Å². The van der Waals surface area contributed by atoms with Gasteiger partial charge in [0, 0.05) is 36.8 Å². The monoisotopic (exact) mass is 379 g/mol. The number of nitrogens with zero attached hydrogens (tertiary/aromatic N) is 2. The number of methoxy groups -OCH3 is 1. The quantitative estimate of drug-likeness (QED) is 0.826. The van der Waals surface area contributed by atoms with E-state index in [0.29, 0.717) is 12.1 Å². The summed E-state index contributed by atoms with van der Waals surface area (Å²) in [5, 5.41) is 3.23. The summed E-state index contributed by atoms with van der Waals surface area (Å²) in [7, 11) is 1.72. The maximum absolute atomic E-state index is 13.1. The molecule has 0 radical (unpaired) electrons. The van der Waals surface area contributed by atoms with Gasteiger partial charge in [-0.2, -0.15) is 0 Å². The lowest BCUT2D eigenvalue weighted by Gasteiger charge is -2.31. The number of aromatic nitrogens is 1. The van der Waals surface area contributed by atoms with E-state index in [1.165, 1.54) is 18.4 Å². The lowest BCUT2D eigenvalue weighted by atomic mass is 9.78. The highest BCUT2D eigenvalue weighted by atomic mass is 16.5. The molecule has 1 aromatic heterocycles. The lowest BCUT2D eigenvalue weighted by molar-refractivity contribution is 0.0943. The molecule has 5 heteroatoms. The van der Waals surface area contributed by atoms with Crippen molar-refractivity contribution < 1.29 is 9.53 Å². The van der Waals surface area contributed by atoms with E-state index in [9.17, 15) is 4.79 Å². The topological polar surface area (TPSA) is 54.5 Å². The smallest absolute Gasteiger partial charge is 0.255 e. The molecular formula is C23H29N3O2. The van der Waals surface area contributed by atoms with E-state index in [-0.39, 0.29) is 11.3 Å². The van der Waals surface area contributed by atoms with Gasteiger partial charge in [0.2, 0.25) is 0 Å². The van der Waals surface area contributed by atoms with E-state index in [0.717, 1.165) is 50.3 Å². The Morgan fingerprint density at radius 3 is 2.61 bits per heavy atom. The summed E-state index contributed by atoms with van der Waals surface area (Å²) in [5.74, 6) is 1.70. The van der Waals surface area contributed by atoms with Crippen LogP contribution >= 0.6 is 0 Å². The van der Waals surface area contributed by atoms with Gasteiger partial charge in [-0.25, -0.2) is 4.98 Å². The lowest BCUT2D eigenvalue weighted by Crippen LogP contribution is -2.39. The van der Waals surface area contributed by atoms with E-state index in [2.05, 4.69) is 27.3 Å². The van der Waals surface area contributed by atoms with E-state index in [1.54, 1.807) is 13.3 Å². The zero-order valence-electron chi connectivity index (χ0n) is 16.6. The van der Waals surface area contributed by atoms with E-state index < -0.39 is 0 Å². The number of benzene rings is 1. The first-order chi connectivity index (χ1) is 13.7. The first-order valence-electron chi connectivity index (χ1n) is 10.4. The summed E-state index contributed by atoms with van der Waals surface area (Å²) in [6.45, 7) is 2.57. The summed E-state index contributed by atoms with van der Waals surface area (Å²) >= 11 is 0. The molecule has 1 amide bonds. The summed E-state index contributed by atoms with van der Waals surface area (Å²) in [6.07, 6.45) is 8.60. The highest BCUT2D eigenvalue weighted by Gasteiger charge is 2.38. The van der Waals surface area contributed by atoms with Crippen molar-refractivity contribution in [1.29, 1.82) is 0 Å². The minimum atomic E-state index is -0.0573. The molecule has 1 saturated carbocycles. The van der Waals surface area contributed by atoms with Crippen LogP contribution in [-0.4, -0.2) is 37.6 Å². The third kappa shape index (κ3) is 3.58. The van der Waals surface area contributed by atoms with Gasteiger partial charge in [-0.15, -0.1) is 0 Å². The predicted molar refractivity (Wildman–Crippen MR) is 111 cm³/mol. The molecule has 1 saturated heterocycles. The molecule has 0 bridgehead atoms. The van der Waals surface area contributed by atoms with Crippen LogP contribution in [0.4, 0.5) is 5.82 Å². The van der Waals surface area contributed by atoms with Crippen LogP contribution in [0.3, 0.4) is 0 Å². The Morgan fingerprint density at radius 1 is 1.11 bits per heavy atom. The Labute approximate surface area is 167 Å². The van der Waals surface area contributed by atoms with Gasteiger partial charge in [0.15, 0.2) is 0 Å². The van der Waals surface area contributed by atoms with Gasteiger partial charge < -0.3 is 15.0 Å². The average Bonchev–Trinajstić information content (AvgIpc) is 3.45. The molecule has 0 spiro atoms. The molecule has 1 aromatic carbocycles. The Morgan fingerprint density at radius 2 is 1.86 bits per heavy atom. The number of hydrogen-bond acceptors (Lipinski definition) is 4. The molecule has 4 rings (SSSR count). The second kappa shape index (κ2) is 8.21. The number of carbonyl (C=O) groups is 1. The number of pyridine rings is 1. The van der Waals surface area contributed by atoms with E-state index in [4.69, 9.17) is 4.74 Å². The van der Waals surface area contributed by atoms with Crippen LogP contribution < -0.4 is 15.0 Å². The first kappa shape index (κ1) is 18.8. The normalized spacial score (nSPS) is 18.2. The highest BCUT2D eigenvalue weighted by molar-refractivity contribution is 5.99. The molecule has 5 nitrogen and oxygen atoms in total. The number of hydrogen-bond donors (Lipinski definition) is 1. The molecule has 1 aliphatic heterocycles. The Hall–Kier alpha value is -2.56. The fourth-order valence-corrected chi connectivity index (χ4v) is 4.78. The molecule has 2 fully saturated rings. The fraction of sp³-hybridized carbons (Fsp3) is 0.478. The molecule has 0 unspecified atom stereocenters. The number of amides is 1. The van der Waals surface area contributed by atoms with Gasteiger partial charge in [-0.05, 0) is 43.9 Å². The average molecular weight is 380 g/mol. The van der Waals surface area contributed by atoms with Gasteiger partial charge in [-0.3, -0.25) is 4.79 Å². The molecule has 148 valence electrons. The Balaban J connectivity index is 1.55. The third-order valence-electron chi connectivity index (χ3n) is 6.26. The molecule has 2 heterocycles. The molecule has 2 aromatic rings. The van der Waals surface area contributed by atoms with Crippen molar-refractivity contribution in [3.05, 3.63) is 53.7 Å². The second-order valence-electron chi connectivity index (χ2n) is 7.94. The zero-order valence-corrected chi connectivity index (χ0v) is 16.6. The maximum atomic E-state index is 13.1. The minimum Gasteiger partial charge on any atom is -0.496 e. The van der Waals surface area contributed by atoms with Crippen LogP contribution in [0.15, 0.2) is 42.6 Å². The standard InChI is InChI=1S/C23H29N3O2/c1-28-20-11-3-2-10-19(20)23(12-4-5-13-23)17-25-22(27)18-9-8-14-24-21(18)26-15-6-7-16-26/h2-3,8-11,14H,4-7,12-13,15-17H2,1H3,(H,25,27). The molecule has 2 aliphatic rings. The summed E-state index contributed by atoms with van der Waals surface area (Å²) in [6, 6.07) is 12.0. The van der Waals surface area contributed by atoms with Gasteiger partial charge in [0.05, 0.1) is 12.7 Å². The van der Waals surface area contributed by atoms with Gasteiger partial charge in [0.1, 0.15) is 11.6 Å². The minimum absolute atomic E-state index is 0.0313. The summed E-state index contributed by atoms with van der Waals surface area (Å²) in [4.78, 5) is 19.8. The number of carbonyl (C=O) groups excluding carboxylic acids is 1. The molecular weight excluding hydrogens is 350 g/mol. The number of nitrogens with one attached hydrogen (secondary N) is 1. The fourth-order valence-electron chi connectivity index (χ4n) is 4.78. The second-order valence-corrected chi connectivity index (χ2v) is 7.94. The molecule has 28 heavy (non-hydrogen) atoms. The van der Waals surface area contributed by atoms with Crippen molar-refractivity contribution >= 4 is 11.7 Å². The number of rotatable bonds is 6. The van der Waals surface area contributed by atoms with Crippen LogP contribution in [0.1, 0.15) is 54.4 Å². The van der Waals surface area contributed by atoms with Crippen molar-refractivity contribution in [1.82, 2.24) is 10.3 Å². The van der Waals surface area contributed by atoms with Crippen LogP contribution in [0.5, 0.6) is 5.75 Å². The third-order valence-corrected chi connectivity index (χ3v) is 6.26. The van der Waals surface area contributed by atoms with Crippen LogP contribution in [0.25, 0.3) is 0 Å². The molecule has 0 atom stereocenters.